The third-order valence-electron chi connectivity index (χ3n) is 3.48. The van der Waals surface area contributed by atoms with Gasteiger partial charge >= 0.3 is 0 Å². The first-order valence-corrected chi connectivity index (χ1v) is 7.13. The number of nitrogens with two attached hydrogens (primary N) is 1. The quantitative estimate of drug-likeness (QED) is 0.889. The summed E-state index contributed by atoms with van der Waals surface area (Å²) in [5.41, 5.74) is 6.92. The van der Waals surface area contributed by atoms with Gasteiger partial charge in [-0.1, -0.05) is 0 Å². The molecule has 116 valence electrons. The molecule has 1 aliphatic heterocycles. The summed E-state index contributed by atoms with van der Waals surface area (Å²) < 4.78 is 5.93. The van der Waals surface area contributed by atoms with Crippen LogP contribution in [0, 0.1) is 0 Å². The van der Waals surface area contributed by atoms with E-state index in [4.69, 9.17) is 10.5 Å². The maximum absolute atomic E-state index is 12.0. The molecule has 0 bridgehead atoms. The van der Waals surface area contributed by atoms with Gasteiger partial charge in [0.15, 0.2) is 0 Å². The summed E-state index contributed by atoms with van der Waals surface area (Å²) in [4.78, 5) is 19.9. The van der Waals surface area contributed by atoms with E-state index in [1.165, 1.54) is 4.90 Å². The number of hydrogen-bond acceptors (Lipinski definition) is 5. The molecule has 1 fully saturated rings. The van der Waals surface area contributed by atoms with E-state index in [0.717, 1.165) is 18.8 Å². The molecule has 2 rings (SSSR count). The SMILES string of the molecule is CN(C)C(=O)c1cc(N2CC(CN)OC(C)(C)C2)ccn1. The van der Waals surface area contributed by atoms with Gasteiger partial charge < -0.3 is 20.3 Å². The lowest BCUT2D eigenvalue weighted by Crippen LogP contribution is -2.55. The second-order valence-corrected chi connectivity index (χ2v) is 6.21. The molecule has 6 nitrogen and oxygen atoms in total. The minimum absolute atomic E-state index is 0.00471. The highest BCUT2D eigenvalue weighted by molar-refractivity contribution is 5.92. The van der Waals surface area contributed by atoms with Crippen LogP contribution in [-0.2, 0) is 4.74 Å². The van der Waals surface area contributed by atoms with Gasteiger partial charge in [0.05, 0.1) is 11.7 Å². The van der Waals surface area contributed by atoms with Gasteiger partial charge in [-0.15, -0.1) is 0 Å². The fourth-order valence-corrected chi connectivity index (χ4v) is 2.58. The Kier molecular flexibility index (Phi) is 4.49. The maximum Gasteiger partial charge on any atom is 0.272 e. The zero-order valence-corrected chi connectivity index (χ0v) is 13.2. The molecule has 1 aromatic rings. The van der Waals surface area contributed by atoms with Crippen LogP contribution in [0.5, 0.6) is 0 Å². The minimum atomic E-state index is -0.267. The molecule has 2 N–H and O–H groups in total. The van der Waals surface area contributed by atoms with Crippen LogP contribution in [0.25, 0.3) is 0 Å². The van der Waals surface area contributed by atoms with Crippen molar-refractivity contribution in [1.82, 2.24) is 9.88 Å². The number of carbonyl (C=O) groups excluding carboxylic acids is 1. The molecule has 0 aliphatic carbocycles. The Morgan fingerprint density at radius 1 is 1.57 bits per heavy atom. The molecule has 0 spiro atoms. The van der Waals surface area contributed by atoms with Gasteiger partial charge in [0.1, 0.15) is 5.69 Å². The first-order valence-electron chi connectivity index (χ1n) is 7.13. The number of rotatable bonds is 3. The number of amides is 1. The van der Waals surface area contributed by atoms with Crippen molar-refractivity contribution >= 4 is 11.6 Å². The lowest BCUT2D eigenvalue weighted by Gasteiger charge is -2.43. The Morgan fingerprint density at radius 3 is 2.90 bits per heavy atom. The second kappa shape index (κ2) is 5.99. The number of hydrogen-bond donors (Lipinski definition) is 1. The van der Waals surface area contributed by atoms with Crippen molar-refractivity contribution in [1.29, 1.82) is 0 Å². The number of carbonyl (C=O) groups is 1. The van der Waals surface area contributed by atoms with Gasteiger partial charge in [-0.25, -0.2) is 0 Å². The number of pyridine rings is 1. The van der Waals surface area contributed by atoms with Crippen LogP contribution in [0.2, 0.25) is 0 Å². The molecule has 2 heterocycles. The Morgan fingerprint density at radius 2 is 2.29 bits per heavy atom. The van der Waals surface area contributed by atoms with E-state index in [1.807, 2.05) is 12.1 Å². The monoisotopic (exact) mass is 292 g/mol. The standard InChI is InChI=1S/C15H24N4O2/c1-15(2)10-19(9-12(8-16)21-15)11-5-6-17-13(7-11)14(20)18(3)4/h5-7,12H,8-10,16H2,1-4H3. The number of nitrogens with zero attached hydrogens (tertiary/aromatic N) is 3. The van der Waals surface area contributed by atoms with E-state index in [1.54, 1.807) is 20.3 Å². The maximum atomic E-state index is 12.0. The number of aromatic nitrogens is 1. The molecule has 1 amide bonds. The van der Waals surface area contributed by atoms with Gasteiger partial charge in [-0.3, -0.25) is 9.78 Å². The largest absolute Gasteiger partial charge is 0.367 e. The van der Waals surface area contributed by atoms with Crippen LogP contribution in [-0.4, -0.2) is 61.2 Å². The zero-order chi connectivity index (χ0) is 15.6. The highest BCUT2D eigenvalue weighted by atomic mass is 16.5. The molecule has 1 atom stereocenters. The zero-order valence-electron chi connectivity index (χ0n) is 13.2. The molecule has 6 heteroatoms. The fourth-order valence-electron chi connectivity index (χ4n) is 2.58. The van der Waals surface area contributed by atoms with Gasteiger partial charge in [0.25, 0.3) is 5.91 Å². The molecule has 0 radical (unpaired) electrons. The molecular formula is C15H24N4O2. The Labute approximate surface area is 125 Å². The fraction of sp³-hybridized carbons (Fsp3) is 0.600. The van der Waals surface area contributed by atoms with E-state index in [2.05, 4.69) is 23.7 Å². The van der Waals surface area contributed by atoms with Gasteiger partial charge in [-0.2, -0.15) is 0 Å². The molecule has 1 aromatic heterocycles. The summed E-state index contributed by atoms with van der Waals surface area (Å²) in [6.45, 7) is 6.06. The van der Waals surface area contributed by atoms with Crippen molar-refractivity contribution in [3.63, 3.8) is 0 Å². The predicted molar refractivity (Wildman–Crippen MR) is 82.5 cm³/mol. The van der Waals surface area contributed by atoms with Gasteiger partial charge in [0.2, 0.25) is 0 Å². The summed E-state index contributed by atoms with van der Waals surface area (Å²) in [6, 6.07) is 3.75. The van der Waals surface area contributed by atoms with Crippen molar-refractivity contribution in [2.75, 3.05) is 38.6 Å². The van der Waals surface area contributed by atoms with E-state index in [-0.39, 0.29) is 17.6 Å². The van der Waals surface area contributed by atoms with Crippen LogP contribution in [0.4, 0.5) is 5.69 Å². The van der Waals surface area contributed by atoms with Crippen molar-refractivity contribution in [2.24, 2.45) is 5.73 Å². The van der Waals surface area contributed by atoms with Gasteiger partial charge in [-0.05, 0) is 26.0 Å². The van der Waals surface area contributed by atoms with Crippen LogP contribution in [0.15, 0.2) is 18.3 Å². The second-order valence-electron chi connectivity index (χ2n) is 6.21. The summed E-state index contributed by atoms with van der Waals surface area (Å²) in [7, 11) is 3.44. The molecule has 1 saturated heterocycles. The van der Waals surface area contributed by atoms with Crippen LogP contribution in [0.3, 0.4) is 0 Å². The first kappa shape index (κ1) is 15.7. The van der Waals surface area contributed by atoms with Crippen LogP contribution >= 0.6 is 0 Å². The van der Waals surface area contributed by atoms with E-state index < -0.39 is 0 Å². The number of morpholine rings is 1. The summed E-state index contributed by atoms with van der Waals surface area (Å²) in [6.07, 6.45) is 1.67. The average Bonchev–Trinajstić information content (AvgIpc) is 2.44. The first-order chi connectivity index (χ1) is 9.82. The third kappa shape index (κ3) is 3.71. The molecule has 1 aliphatic rings. The smallest absolute Gasteiger partial charge is 0.272 e. The van der Waals surface area contributed by atoms with E-state index in [9.17, 15) is 4.79 Å². The minimum Gasteiger partial charge on any atom is -0.367 e. The van der Waals surface area contributed by atoms with Crippen LogP contribution in [0.1, 0.15) is 24.3 Å². The topological polar surface area (TPSA) is 71.7 Å². The third-order valence-corrected chi connectivity index (χ3v) is 3.48. The van der Waals surface area contributed by atoms with Crippen molar-refractivity contribution in [3.05, 3.63) is 24.0 Å². The van der Waals surface area contributed by atoms with Crippen molar-refractivity contribution in [3.8, 4) is 0 Å². The molecular weight excluding hydrogens is 268 g/mol. The van der Waals surface area contributed by atoms with Crippen molar-refractivity contribution in [2.45, 2.75) is 25.6 Å². The molecule has 21 heavy (non-hydrogen) atoms. The Bertz CT molecular complexity index is 516. The molecule has 0 aromatic carbocycles. The van der Waals surface area contributed by atoms with E-state index in [0.29, 0.717) is 12.2 Å². The average molecular weight is 292 g/mol. The summed E-state index contributed by atoms with van der Waals surface area (Å²) in [5.74, 6) is -0.0975. The predicted octanol–water partition coefficient (Wildman–Crippen LogP) is 0.726. The normalized spacial score (nSPS) is 21.2. The van der Waals surface area contributed by atoms with E-state index >= 15 is 0 Å². The highest BCUT2D eigenvalue weighted by Crippen LogP contribution is 2.26. The lowest BCUT2D eigenvalue weighted by molar-refractivity contribution is -0.0788. The lowest BCUT2D eigenvalue weighted by atomic mass is 10.0. The highest BCUT2D eigenvalue weighted by Gasteiger charge is 2.33. The number of anilines is 1. The Hall–Kier alpha value is -1.66. The molecule has 1 unspecified atom stereocenters. The summed E-state index contributed by atoms with van der Waals surface area (Å²) >= 11 is 0. The summed E-state index contributed by atoms with van der Waals surface area (Å²) in [5, 5.41) is 0. The molecule has 0 saturated carbocycles. The van der Waals surface area contributed by atoms with Gasteiger partial charge in [0, 0.05) is 45.6 Å². The Balaban J connectivity index is 2.25. The number of ether oxygens (including phenoxy) is 1. The van der Waals surface area contributed by atoms with Crippen LogP contribution < -0.4 is 10.6 Å². The van der Waals surface area contributed by atoms with Crippen molar-refractivity contribution < 1.29 is 9.53 Å².